The molecule has 0 aromatic carbocycles. The molecule has 1 aromatic heterocycles. The van der Waals surface area contributed by atoms with E-state index in [9.17, 15) is 8.42 Å². The number of hydrogen-bond donors (Lipinski definition) is 2. The molecule has 0 unspecified atom stereocenters. The van der Waals surface area contributed by atoms with E-state index in [-0.39, 0.29) is 9.77 Å². The van der Waals surface area contributed by atoms with Gasteiger partial charge in [0.15, 0.2) is 5.03 Å². The van der Waals surface area contributed by atoms with Crippen LogP contribution in [0.15, 0.2) is 11.2 Å². The number of rotatable bonds is 6. The van der Waals surface area contributed by atoms with Crippen molar-refractivity contribution in [1.82, 2.24) is 14.7 Å². The minimum atomic E-state index is -3.43. The van der Waals surface area contributed by atoms with Gasteiger partial charge in [-0.05, 0) is 19.1 Å². The smallest absolute Gasteiger partial charge is 0.257 e. The van der Waals surface area contributed by atoms with Crippen LogP contribution in [0.3, 0.4) is 0 Å². The average molecular weight is 275 g/mol. The molecule has 2 rings (SSSR count). The molecule has 1 aliphatic carbocycles. The molecule has 2 N–H and O–H groups in total. The van der Waals surface area contributed by atoms with Crippen LogP contribution >= 0.6 is 11.8 Å². The normalized spacial score (nSPS) is 18.2. The number of nitrogens with zero attached hydrogens (tertiary/aromatic N) is 1. The van der Waals surface area contributed by atoms with Gasteiger partial charge >= 0.3 is 0 Å². The second kappa shape index (κ2) is 4.62. The van der Waals surface area contributed by atoms with Crippen LogP contribution in [0.25, 0.3) is 0 Å². The second-order valence-electron chi connectivity index (χ2n) is 4.26. The fourth-order valence-corrected chi connectivity index (χ4v) is 3.44. The molecule has 0 aliphatic heterocycles. The summed E-state index contributed by atoms with van der Waals surface area (Å²) in [6, 6.07) is 0. The molecule has 1 saturated carbocycles. The molecule has 1 aliphatic rings. The Bertz CT molecular complexity index is 491. The van der Waals surface area contributed by atoms with Crippen LogP contribution < -0.4 is 4.72 Å². The first-order chi connectivity index (χ1) is 8.01. The Morgan fingerprint density at radius 1 is 1.59 bits per heavy atom. The zero-order valence-electron chi connectivity index (χ0n) is 9.99. The molecule has 17 heavy (non-hydrogen) atoms. The quantitative estimate of drug-likeness (QED) is 0.816. The zero-order chi connectivity index (χ0) is 12.5. The van der Waals surface area contributed by atoms with Crippen molar-refractivity contribution in [1.29, 1.82) is 0 Å². The molecular formula is C10H17N3O2S2. The highest BCUT2D eigenvalue weighted by molar-refractivity contribution is 8.00. The maximum atomic E-state index is 12.0. The first kappa shape index (κ1) is 12.9. The molecule has 0 amide bonds. The number of aromatic amines is 1. The van der Waals surface area contributed by atoms with Crippen LogP contribution in [0.1, 0.15) is 25.6 Å². The number of aromatic nitrogens is 2. The van der Waals surface area contributed by atoms with E-state index in [1.165, 1.54) is 6.20 Å². The van der Waals surface area contributed by atoms with Crippen LogP contribution in [0.4, 0.5) is 0 Å². The van der Waals surface area contributed by atoms with Crippen LogP contribution in [0, 0.1) is 0 Å². The van der Waals surface area contributed by atoms with Gasteiger partial charge in [-0.2, -0.15) is 11.8 Å². The minimum absolute atomic E-state index is 0.126. The number of H-pyrrole nitrogens is 1. The third kappa shape index (κ3) is 2.83. The molecule has 1 aromatic rings. The third-order valence-corrected chi connectivity index (χ3v) is 5.78. The molecule has 0 spiro atoms. The van der Waals surface area contributed by atoms with Gasteiger partial charge in [0.1, 0.15) is 5.82 Å². The summed E-state index contributed by atoms with van der Waals surface area (Å²) in [4.78, 5) is 6.81. The fourth-order valence-electron chi connectivity index (χ4n) is 1.56. The Labute approximate surface area is 106 Å². The van der Waals surface area contributed by atoms with Crippen molar-refractivity contribution in [2.75, 3.05) is 12.8 Å². The van der Waals surface area contributed by atoms with E-state index in [4.69, 9.17) is 0 Å². The molecule has 0 bridgehead atoms. The monoisotopic (exact) mass is 275 g/mol. The average Bonchev–Trinajstić information content (AvgIpc) is 2.94. The van der Waals surface area contributed by atoms with Gasteiger partial charge in [0.2, 0.25) is 0 Å². The van der Waals surface area contributed by atoms with Crippen molar-refractivity contribution in [3.05, 3.63) is 12.0 Å². The largest absolute Gasteiger partial charge is 0.332 e. The summed E-state index contributed by atoms with van der Waals surface area (Å²) >= 11 is 1.73. The molecule has 7 heteroatoms. The van der Waals surface area contributed by atoms with Crippen LogP contribution in [0.5, 0.6) is 0 Å². The lowest BCUT2D eigenvalue weighted by Crippen LogP contribution is -2.32. The predicted molar refractivity (Wildman–Crippen MR) is 68.6 cm³/mol. The molecule has 0 saturated heterocycles. The van der Waals surface area contributed by atoms with E-state index in [1.807, 2.05) is 13.2 Å². The predicted octanol–water partition coefficient (Wildman–Crippen LogP) is 1.15. The maximum absolute atomic E-state index is 12.0. The van der Waals surface area contributed by atoms with E-state index in [0.29, 0.717) is 18.8 Å². The number of thioether (sulfide) groups is 1. The topological polar surface area (TPSA) is 74.8 Å². The highest BCUT2D eigenvalue weighted by Gasteiger charge is 2.42. The van der Waals surface area contributed by atoms with Crippen LogP contribution in [-0.2, 0) is 16.4 Å². The summed E-state index contributed by atoms with van der Waals surface area (Å²) in [5, 5.41) is 0.159. The van der Waals surface area contributed by atoms with E-state index in [0.717, 1.165) is 12.8 Å². The summed E-state index contributed by atoms with van der Waals surface area (Å²) in [7, 11) is -3.43. The number of hydrogen-bond acceptors (Lipinski definition) is 4. The van der Waals surface area contributed by atoms with Gasteiger partial charge in [0.25, 0.3) is 10.0 Å². The summed E-state index contributed by atoms with van der Waals surface area (Å²) in [5.41, 5.74) is 0. The Morgan fingerprint density at radius 2 is 2.29 bits per heavy atom. The SMILES string of the molecule is CCc1ncc(S(=O)(=O)NCC2(SC)CC2)[nH]1. The van der Waals surface area contributed by atoms with Crippen molar-refractivity contribution < 1.29 is 8.42 Å². The Morgan fingerprint density at radius 3 is 2.76 bits per heavy atom. The summed E-state index contributed by atoms with van der Waals surface area (Å²) in [6.45, 7) is 2.42. The van der Waals surface area contributed by atoms with Crippen molar-refractivity contribution in [2.45, 2.75) is 36.0 Å². The van der Waals surface area contributed by atoms with Gasteiger partial charge in [-0.15, -0.1) is 0 Å². The van der Waals surface area contributed by atoms with Gasteiger partial charge in [0, 0.05) is 17.7 Å². The third-order valence-electron chi connectivity index (χ3n) is 3.05. The highest BCUT2D eigenvalue weighted by Crippen LogP contribution is 2.46. The second-order valence-corrected chi connectivity index (χ2v) is 7.27. The van der Waals surface area contributed by atoms with Gasteiger partial charge in [0.05, 0.1) is 6.20 Å². The van der Waals surface area contributed by atoms with Crippen LogP contribution in [0.2, 0.25) is 0 Å². The first-order valence-electron chi connectivity index (χ1n) is 5.60. The molecule has 1 heterocycles. The van der Waals surface area contributed by atoms with Crippen molar-refractivity contribution in [3.8, 4) is 0 Å². The van der Waals surface area contributed by atoms with Gasteiger partial charge in [-0.1, -0.05) is 6.92 Å². The number of imidazole rings is 1. The van der Waals surface area contributed by atoms with E-state index in [1.54, 1.807) is 11.8 Å². The van der Waals surface area contributed by atoms with Gasteiger partial charge in [-0.25, -0.2) is 18.1 Å². The zero-order valence-corrected chi connectivity index (χ0v) is 11.6. The lowest BCUT2D eigenvalue weighted by Gasteiger charge is -2.12. The maximum Gasteiger partial charge on any atom is 0.257 e. The van der Waals surface area contributed by atoms with Crippen molar-refractivity contribution >= 4 is 21.8 Å². The van der Waals surface area contributed by atoms with Gasteiger partial charge in [-0.3, -0.25) is 0 Å². The fraction of sp³-hybridized carbons (Fsp3) is 0.700. The molecule has 1 fully saturated rings. The number of aryl methyl sites for hydroxylation is 1. The van der Waals surface area contributed by atoms with Crippen molar-refractivity contribution in [3.63, 3.8) is 0 Å². The van der Waals surface area contributed by atoms with Gasteiger partial charge < -0.3 is 4.98 Å². The summed E-state index contributed by atoms with van der Waals surface area (Å²) in [5.74, 6) is 0.691. The Balaban J connectivity index is 2.03. The standard InChI is InChI=1S/C10H17N3O2S2/c1-3-8-11-6-9(13-8)17(14,15)12-7-10(16-2)4-5-10/h6,12H,3-5,7H2,1-2H3,(H,11,13). The Hall–Kier alpha value is -0.530. The molecule has 0 atom stereocenters. The molecular weight excluding hydrogens is 258 g/mol. The van der Waals surface area contributed by atoms with Crippen molar-refractivity contribution in [2.24, 2.45) is 0 Å². The summed E-state index contributed by atoms with van der Waals surface area (Å²) in [6.07, 6.45) is 6.26. The van der Waals surface area contributed by atoms with E-state index < -0.39 is 10.0 Å². The van der Waals surface area contributed by atoms with Crippen LogP contribution in [-0.4, -0.2) is 35.9 Å². The van der Waals surface area contributed by atoms with E-state index in [2.05, 4.69) is 14.7 Å². The lowest BCUT2D eigenvalue weighted by atomic mass is 10.4. The number of sulfonamides is 1. The lowest BCUT2D eigenvalue weighted by molar-refractivity contribution is 0.576. The van der Waals surface area contributed by atoms with E-state index >= 15 is 0 Å². The molecule has 5 nitrogen and oxygen atoms in total. The Kier molecular flexibility index (Phi) is 3.51. The first-order valence-corrected chi connectivity index (χ1v) is 8.31. The minimum Gasteiger partial charge on any atom is -0.332 e. The highest BCUT2D eigenvalue weighted by atomic mass is 32.2. The summed E-state index contributed by atoms with van der Waals surface area (Å²) < 4.78 is 26.7. The number of nitrogens with one attached hydrogen (secondary N) is 2. The molecule has 0 radical (unpaired) electrons. The molecule has 96 valence electrons.